The van der Waals surface area contributed by atoms with Gasteiger partial charge in [-0.15, -0.1) is 11.3 Å². The number of para-hydroxylation sites is 1. The number of hydrogen-bond donors (Lipinski definition) is 0. The number of alkyl halides is 3. The first-order valence-electron chi connectivity index (χ1n) is 6.62. The Bertz CT molecular complexity index is 882. The van der Waals surface area contributed by atoms with E-state index in [1.807, 2.05) is 24.3 Å². The first kappa shape index (κ1) is 15.3. The lowest BCUT2D eigenvalue weighted by Gasteiger charge is -2.06. The molecule has 0 fully saturated rings. The Balaban J connectivity index is 1.97. The van der Waals surface area contributed by atoms with E-state index in [2.05, 4.69) is 11.1 Å². The summed E-state index contributed by atoms with van der Waals surface area (Å²) in [5.41, 5.74) is 0.925. The van der Waals surface area contributed by atoms with Gasteiger partial charge in [-0.1, -0.05) is 24.3 Å². The van der Waals surface area contributed by atoms with Gasteiger partial charge in [-0.2, -0.15) is 18.4 Å². The van der Waals surface area contributed by atoms with Crippen molar-refractivity contribution in [1.82, 2.24) is 4.98 Å². The van der Waals surface area contributed by atoms with E-state index in [1.165, 1.54) is 29.5 Å². The van der Waals surface area contributed by atoms with Crippen LogP contribution in [-0.2, 0) is 6.18 Å². The SMILES string of the molecule is N#C/C(=C/c1ccc(C(F)(F)F)cc1)c1nc2ccccc2s1. The summed E-state index contributed by atoms with van der Waals surface area (Å²) in [7, 11) is 0. The van der Waals surface area contributed by atoms with Crippen LogP contribution in [0.3, 0.4) is 0 Å². The molecule has 1 heterocycles. The molecule has 23 heavy (non-hydrogen) atoms. The number of fused-ring (bicyclic) bond motifs is 1. The van der Waals surface area contributed by atoms with Gasteiger partial charge in [0.05, 0.1) is 21.4 Å². The lowest BCUT2D eigenvalue weighted by atomic mass is 10.1. The van der Waals surface area contributed by atoms with Crippen molar-refractivity contribution in [2.24, 2.45) is 0 Å². The van der Waals surface area contributed by atoms with Crippen molar-refractivity contribution >= 4 is 33.2 Å². The van der Waals surface area contributed by atoms with E-state index in [1.54, 1.807) is 0 Å². The van der Waals surface area contributed by atoms with Crippen LogP contribution in [0.1, 0.15) is 16.1 Å². The summed E-state index contributed by atoms with van der Waals surface area (Å²) >= 11 is 1.37. The van der Waals surface area contributed by atoms with Crippen LogP contribution in [0.5, 0.6) is 0 Å². The summed E-state index contributed by atoms with van der Waals surface area (Å²) in [5, 5.41) is 9.87. The quantitative estimate of drug-likeness (QED) is 0.592. The number of aromatic nitrogens is 1. The Labute approximate surface area is 134 Å². The van der Waals surface area contributed by atoms with Crippen molar-refractivity contribution in [3.05, 3.63) is 64.7 Å². The third-order valence-corrected chi connectivity index (χ3v) is 4.26. The maximum Gasteiger partial charge on any atom is 0.416 e. The molecule has 114 valence electrons. The lowest BCUT2D eigenvalue weighted by molar-refractivity contribution is -0.137. The zero-order valence-corrected chi connectivity index (χ0v) is 12.4. The van der Waals surface area contributed by atoms with Gasteiger partial charge in [0, 0.05) is 0 Å². The Morgan fingerprint density at radius 2 is 1.78 bits per heavy atom. The lowest BCUT2D eigenvalue weighted by Crippen LogP contribution is -2.03. The van der Waals surface area contributed by atoms with E-state index < -0.39 is 11.7 Å². The topological polar surface area (TPSA) is 36.7 Å². The maximum absolute atomic E-state index is 12.6. The van der Waals surface area contributed by atoms with E-state index in [0.29, 0.717) is 16.1 Å². The van der Waals surface area contributed by atoms with E-state index in [9.17, 15) is 18.4 Å². The predicted octanol–water partition coefficient (Wildman–Crippen LogP) is 5.38. The van der Waals surface area contributed by atoms with Gasteiger partial charge in [0.2, 0.25) is 0 Å². The van der Waals surface area contributed by atoms with Crippen LogP contribution in [0.4, 0.5) is 13.2 Å². The average molecular weight is 330 g/mol. The predicted molar refractivity (Wildman–Crippen MR) is 84.5 cm³/mol. The maximum atomic E-state index is 12.6. The second-order valence-electron chi connectivity index (χ2n) is 4.78. The number of halogens is 3. The molecule has 3 rings (SSSR count). The number of allylic oxidation sites excluding steroid dienone is 1. The summed E-state index contributed by atoms with van der Waals surface area (Å²) in [5.74, 6) is 0. The van der Waals surface area contributed by atoms with Crippen LogP contribution >= 0.6 is 11.3 Å². The normalized spacial score (nSPS) is 12.3. The number of rotatable bonds is 2. The molecule has 0 saturated carbocycles. The molecule has 0 aliphatic heterocycles. The summed E-state index contributed by atoms with van der Waals surface area (Å²) in [6, 6.07) is 14.2. The minimum Gasteiger partial charge on any atom is -0.235 e. The zero-order valence-electron chi connectivity index (χ0n) is 11.6. The molecule has 0 spiro atoms. The molecule has 0 amide bonds. The fourth-order valence-corrected chi connectivity index (χ4v) is 3.00. The highest BCUT2D eigenvalue weighted by molar-refractivity contribution is 7.19. The monoisotopic (exact) mass is 330 g/mol. The largest absolute Gasteiger partial charge is 0.416 e. The van der Waals surface area contributed by atoms with Crippen LogP contribution in [0.2, 0.25) is 0 Å². The van der Waals surface area contributed by atoms with Gasteiger partial charge in [-0.25, -0.2) is 4.98 Å². The standard InChI is InChI=1S/C17H9F3N2S/c18-17(19,20)13-7-5-11(6-8-13)9-12(10-21)16-22-14-3-1-2-4-15(14)23-16/h1-9H/b12-9-. The summed E-state index contributed by atoms with van der Waals surface area (Å²) in [4.78, 5) is 4.38. The van der Waals surface area contributed by atoms with E-state index >= 15 is 0 Å². The highest BCUT2D eigenvalue weighted by atomic mass is 32.1. The van der Waals surface area contributed by atoms with Crippen molar-refractivity contribution in [1.29, 1.82) is 5.26 Å². The van der Waals surface area contributed by atoms with Crippen molar-refractivity contribution in [3.8, 4) is 6.07 Å². The molecule has 0 aliphatic rings. The average Bonchev–Trinajstić information content (AvgIpc) is 2.96. The van der Waals surface area contributed by atoms with Gasteiger partial charge < -0.3 is 0 Å². The summed E-state index contributed by atoms with van der Waals surface area (Å²) in [6.45, 7) is 0. The molecule has 0 radical (unpaired) electrons. The molecular weight excluding hydrogens is 321 g/mol. The molecule has 2 nitrogen and oxygen atoms in total. The molecule has 3 aromatic rings. The van der Waals surface area contributed by atoms with Gasteiger partial charge in [-0.3, -0.25) is 0 Å². The Morgan fingerprint density at radius 1 is 1.09 bits per heavy atom. The van der Waals surface area contributed by atoms with E-state index in [0.717, 1.165) is 22.3 Å². The molecule has 0 N–H and O–H groups in total. The van der Waals surface area contributed by atoms with Crippen LogP contribution < -0.4 is 0 Å². The van der Waals surface area contributed by atoms with Crippen LogP contribution in [0, 0.1) is 11.3 Å². The zero-order chi connectivity index (χ0) is 16.4. The minimum atomic E-state index is -4.37. The highest BCUT2D eigenvalue weighted by Crippen LogP contribution is 2.31. The third kappa shape index (κ3) is 3.25. The van der Waals surface area contributed by atoms with Crippen LogP contribution in [-0.4, -0.2) is 4.98 Å². The second-order valence-corrected chi connectivity index (χ2v) is 5.81. The fraction of sp³-hybridized carbons (Fsp3) is 0.0588. The second kappa shape index (κ2) is 5.86. The number of hydrogen-bond acceptors (Lipinski definition) is 3. The van der Waals surface area contributed by atoms with Crippen molar-refractivity contribution in [2.75, 3.05) is 0 Å². The van der Waals surface area contributed by atoms with Gasteiger partial charge in [0.25, 0.3) is 0 Å². The van der Waals surface area contributed by atoms with Crippen LogP contribution in [0.15, 0.2) is 48.5 Å². The molecule has 0 saturated heterocycles. The molecule has 0 atom stereocenters. The first-order valence-corrected chi connectivity index (χ1v) is 7.44. The Hall–Kier alpha value is -2.65. The molecule has 0 aliphatic carbocycles. The summed E-state index contributed by atoms with van der Waals surface area (Å²) in [6.07, 6.45) is -2.83. The van der Waals surface area contributed by atoms with Gasteiger partial charge in [-0.05, 0) is 35.9 Å². The number of thiazole rings is 1. The van der Waals surface area contributed by atoms with Gasteiger partial charge in [0.15, 0.2) is 0 Å². The molecule has 0 unspecified atom stereocenters. The van der Waals surface area contributed by atoms with Crippen molar-refractivity contribution in [3.63, 3.8) is 0 Å². The molecule has 6 heteroatoms. The van der Waals surface area contributed by atoms with E-state index in [4.69, 9.17) is 0 Å². The van der Waals surface area contributed by atoms with E-state index in [-0.39, 0.29) is 0 Å². The van der Waals surface area contributed by atoms with Gasteiger partial charge >= 0.3 is 6.18 Å². The number of nitrogens with zero attached hydrogens (tertiary/aromatic N) is 2. The highest BCUT2D eigenvalue weighted by Gasteiger charge is 2.29. The summed E-state index contributed by atoms with van der Waals surface area (Å²) < 4.78 is 38.6. The van der Waals surface area contributed by atoms with Crippen molar-refractivity contribution < 1.29 is 13.2 Å². The first-order chi connectivity index (χ1) is 11.0. The Kier molecular flexibility index (Phi) is 3.89. The molecule has 1 aromatic heterocycles. The fourth-order valence-electron chi connectivity index (χ4n) is 2.06. The number of benzene rings is 2. The smallest absolute Gasteiger partial charge is 0.235 e. The number of nitriles is 1. The molecule has 2 aromatic carbocycles. The molecular formula is C17H9F3N2S. The van der Waals surface area contributed by atoms with Gasteiger partial charge in [0.1, 0.15) is 11.1 Å². The third-order valence-electron chi connectivity index (χ3n) is 3.19. The van der Waals surface area contributed by atoms with Crippen LogP contribution in [0.25, 0.3) is 21.9 Å². The minimum absolute atomic E-state index is 0.325. The van der Waals surface area contributed by atoms with Crippen molar-refractivity contribution in [2.45, 2.75) is 6.18 Å². The Morgan fingerprint density at radius 3 is 2.39 bits per heavy atom. The molecule has 0 bridgehead atoms.